The van der Waals surface area contributed by atoms with Gasteiger partial charge in [0, 0.05) is 21.3 Å². The summed E-state index contributed by atoms with van der Waals surface area (Å²) in [5.41, 5.74) is 0.783. The van der Waals surface area contributed by atoms with E-state index in [1.54, 1.807) is 23.6 Å². The van der Waals surface area contributed by atoms with E-state index in [-0.39, 0.29) is 5.69 Å². The van der Waals surface area contributed by atoms with Gasteiger partial charge in [-0.15, -0.1) is 11.3 Å². The number of hydrogen-bond acceptors (Lipinski definition) is 5. The van der Waals surface area contributed by atoms with Crippen LogP contribution >= 0.6 is 27.3 Å². The Morgan fingerprint density at radius 3 is 2.77 bits per heavy atom. The molecular weight excluding hydrogens is 426 g/mol. The molecule has 130 valence electrons. The number of benzene rings is 2. The van der Waals surface area contributed by atoms with E-state index in [0.717, 1.165) is 22.0 Å². The summed E-state index contributed by atoms with van der Waals surface area (Å²) in [5.74, 6) is -1.38. The number of halogens is 3. The number of nitrogens with one attached hydrogen (secondary N) is 1. The Morgan fingerprint density at radius 2 is 1.96 bits per heavy atom. The molecule has 26 heavy (non-hydrogen) atoms. The summed E-state index contributed by atoms with van der Waals surface area (Å²) in [7, 11) is 0. The van der Waals surface area contributed by atoms with E-state index in [0.29, 0.717) is 22.0 Å². The predicted octanol–water partition coefficient (Wildman–Crippen LogP) is 5.70. The van der Waals surface area contributed by atoms with Gasteiger partial charge < -0.3 is 9.73 Å². The zero-order valence-electron chi connectivity index (χ0n) is 12.9. The number of rotatable bonds is 3. The van der Waals surface area contributed by atoms with Crippen molar-refractivity contribution < 1.29 is 13.2 Å². The van der Waals surface area contributed by atoms with Crippen molar-refractivity contribution in [2.24, 2.45) is 0 Å². The Labute approximate surface area is 158 Å². The van der Waals surface area contributed by atoms with Gasteiger partial charge >= 0.3 is 5.63 Å². The molecule has 4 nitrogen and oxygen atoms in total. The van der Waals surface area contributed by atoms with Gasteiger partial charge in [-0.25, -0.2) is 18.6 Å². The number of aromatic nitrogens is 1. The lowest BCUT2D eigenvalue weighted by molar-refractivity contribution is 0.563. The lowest BCUT2D eigenvalue weighted by Crippen LogP contribution is -2.03. The van der Waals surface area contributed by atoms with Gasteiger partial charge in [0.05, 0.1) is 16.9 Å². The molecular formula is C18H9BrF2N2O2S. The molecule has 2 aromatic heterocycles. The summed E-state index contributed by atoms with van der Waals surface area (Å²) in [6, 6.07) is 10.2. The fraction of sp³-hybridized carbons (Fsp3) is 0. The van der Waals surface area contributed by atoms with E-state index in [1.807, 2.05) is 6.07 Å². The molecule has 0 unspecified atom stereocenters. The zero-order valence-corrected chi connectivity index (χ0v) is 15.3. The molecule has 0 radical (unpaired) electrons. The average Bonchev–Trinajstić information content (AvgIpc) is 3.05. The summed E-state index contributed by atoms with van der Waals surface area (Å²) in [4.78, 5) is 16.5. The summed E-state index contributed by atoms with van der Waals surface area (Å²) in [6.45, 7) is 0. The molecule has 2 heterocycles. The van der Waals surface area contributed by atoms with E-state index in [2.05, 4.69) is 26.2 Å². The Morgan fingerprint density at radius 1 is 1.12 bits per heavy atom. The van der Waals surface area contributed by atoms with Crippen LogP contribution in [0, 0.1) is 11.6 Å². The first-order valence-electron chi connectivity index (χ1n) is 7.41. The van der Waals surface area contributed by atoms with Crippen molar-refractivity contribution in [3.05, 3.63) is 74.4 Å². The van der Waals surface area contributed by atoms with Crippen LogP contribution in [0.2, 0.25) is 0 Å². The second-order valence-electron chi connectivity index (χ2n) is 5.42. The zero-order chi connectivity index (χ0) is 18.3. The molecule has 0 spiro atoms. The molecule has 0 saturated heterocycles. The highest BCUT2D eigenvalue weighted by atomic mass is 79.9. The summed E-state index contributed by atoms with van der Waals surface area (Å²) >= 11 is 4.58. The van der Waals surface area contributed by atoms with E-state index in [9.17, 15) is 13.6 Å². The third-order valence-electron chi connectivity index (χ3n) is 3.65. The molecule has 8 heteroatoms. The van der Waals surface area contributed by atoms with Gasteiger partial charge in [-0.3, -0.25) is 0 Å². The van der Waals surface area contributed by atoms with Gasteiger partial charge in [-0.1, -0.05) is 15.9 Å². The molecule has 0 atom stereocenters. The predicted molar refractivity (Wildman–Crippen MR) is 101 cm³/mol. The highest BCUT2D eigenvalue weighted by molar-refractivity contribution is 9.10. The first-order chi connectivity index (χ1) is 12.5. The molecule has 1 N–H and O–H groups in total. The van der Waals surface area contributed by atoms with Crippen LogP contribution in [0.15, 0.2) is 61.5 Å². The van der Waals surface area contributed by atoms with E-state index < -0.39 is 17.3 Å². The van der Waals surface area contributed by atoms with Crippen LogP contribution in [-0.4, -0.2) is 4.98 Å². The van der Waals surface area contributed by atoms with Crippen LogP contribution < -0.4 is 10.9 Å². The van der Waals surface area contributed by atoms with Crippen molar-refractivity contribution in [1.82, 2.24) is 4.98 Å². The highest BCUT2D eigenvalue weighted by Gasteiger charge is 2.13. The number of fused-ring (bicyclic) bond motifs is 1. The first-order valence-corrected chi connectivity index (χ1v) is 9.08. The van der Waals surface area contributed by atoms with Crippen LogP contribution in [0.3, 0.4) is 0 Å². The number of thiazole rings is 1. The third kappa shape index (κ3) is 3.25. The first kappa shape index (κ1) is 16.9. The van der Waals surface area contributed by atoms with Gasteiger partial charge in [0.2, 0.25) is 0 Å². The van der Waals surface area contributed by atoms with Crippen LogP contribution in [0.25, 0.3) is 22.2 Å². The standard InChI is InChI=1S/C18H9BrF2N2O2S/c19-10-1-4-16-9(5-10)6-12(17(24)25-16)15-8-26-18(23-15)22-14-3-2-11(20)7-13(14)21/h1-8H,(H,22,23). The quantitative estimate of drug-likeness (QED) is 0.420. The Hall–Kier alpha value is -2.58. The van der Waals surface area contributed by atoms with E-state index in [4.69, 9.17) is 4.42 Å². The average molecular weight is 435 g/mol. The van der Waals surface area contributed by atoms with Gasteiger partial charge in [0.25, 0.3) is 0 Å². The second-order valence-corrected chi connectivity index (χ2v) is 7.19. The van der Waals surface area contributed by atoms with Crippen LogP contribution in [0.5, 0.6) is 0 Å². The highest BCUT2D eigenvalue weighted by Crippen LogP contribution is 2.29. The van der Waals surface area contributed by atoms with Crippen LogP contribution in [0.4, 0.5) is 19.6 Å². The van der Waals surface area contributed by atoms with Crippen molar-refractivity contribution in [3.63, 3.8) is 0 Å². The van der Waals surface area contributed by atoms with Crippen molar-refractivity contribution in [3.8, 4) is 11.3 Å². The molecule has 0 saturated carbocycles. The minimum Gasteiger partial charge on any atom is -0.422 e. The minimum absolute atomic E-state index is 0.0989. The third-order valence-corrected chi connectivity index (χ3v) is 4.90. The molecule has 0 aliphatic heterocycles. The van der Waals surface area contributed by atoms with Crippen LogP contribution in [0.1, 0.15) is 0 Å². The molecule has 0 bridgehead atoms. The summed E-state index contributed by atoms with van der Waals surface area (Å²) < 4.78 is 32.9. The lowest BCUT2D eigenvalue weighted by atomic mass is 10.1. The van der Waals surface area contributed by atoms with Crippen molar-refractivity contribution in [2.75, 3.05) is 5.32 Å². The Bertz CT molecular complexity index is 1190. The fourth-order valence-corrected chi connectivity index (χ4v) is 3.54. The maximum absolute atomic E-state index is 13.7. The monoisotopic (exact) mass is 434 g/mol. The van der Waals surface area contributed by atoms with E-state index >= 15 is 0 Å². The van der Waals surface area contributed by atoms with E-state index in [1.165, 1.54) is 17.4 Å². The maximum atomic E-state index is 13.7. The summed E-state index contributed by atoms with van der Waals surface area (Å²) in [5, 5.41) is 5.57. The molecule has 2 aromatic carbocycles. The van der Waals surface area contributed by atoms with Gasteiger partial charge in [-0.2, -0.15) is 0 Å². The van der Waals surface area contributed by atoms with Gasteiger partial charge in [0.1, 0.15) is 17.2 Å². The second kappa shape index (κ2) is 6.62. The number of hydrogen-bond donors (Lipinski definition) is 1. The summed E-state index contributed by atoms with van der Waals surface area (Å²) in [6.07, 6.45) is 0. The smallest absolute Gasteiger partial charge is 0.345 e. The van der Waals surface area contributed by atoms with Gasteiger partial charge in [0.15, 0.2) is 5.13 Å². The number of nitrogens with zero attached hydrogens (tertiary/aromatic N) is 1. The SMILES string of the molecule is O=c1oc2ccc(Br)cc2cc1-c1csc(Nc2ccc(F)cc2F)n1. The lowest BCUT2D eigenvalue weighted by Gasteiger charge is -2.04. The van der Waals surface area contributed by atoms with Crippen LogP contribution in [-0.2, 0) is 0 Å². The molecule has 4 rings (SSSR count). The fourth-order valence-electron chi connectivity index (χ4n) is 2.43. The molecule has 0 amide bonds. The minimum atomic E-state index is -0.725. The Kier molecular flexibility index (Phi) is 4.29. The van der Waals surface area contributed by atoms with Crippen molar-refractivity contribution in [1.29, 1.82) is 0 Å². The van der Waals surface area contributed by atoms with Crippen molar-refractivity contribution >= 4 is 49.1 Å². The molecule has 4 aromatic rings. The molecule has 0 aliphatic rings. The topological polar surface area (TPSA) is 55.1 Å². The largest absolute Gasteiger partial charge is 0.422 e. The normalized spacial score (nSPS) is 11.0. The van der Waals surface area contributed by atoms with Gasteiger partial charge in [-0.05, 0) is 36.4 Å². The molecule has 0 aliphatic carbocycles. The maximum Gasteiger partial charge on any atom is 0.345 e. The molecule has 0 fully saturated rings. The Balaban J connectivity index is 1.70. The van der Waals surface area contributed by atoms with Crippen molar-refractivity contribution in [2.45, 2.75) is 0 Å². The number of anilines is 2.